The van der Waals surface area contributed by atoms with E-state index in [4.69, 9.17) is 14.2 Å². The van der Waals surface area contributed by atoms with Crippen LogP contribution in [-0.4, -0.2) is 29.6 Å². The molecule has 0 radical (unpaired) electrons. The molecule has 1 spiro atoms. The van der Waals surface area contributed by atoms with Crippen LogP contribution in [0.25, 0.3) is 0 Å². The van der Waals surface area contributed by atoms with Gasteiger partial charge in [0.05, 0.1) is 17.5 Å². The van der Waals surface area contributed by atoms with Crippen molar-refractivity contribution < 1.29 is 37.4 Å². The number of rotatable bonds is 7. The maximum absolute atomic E-state index is 14.7. The molecule has 11 heteroatoms. The zero-order valence-electron chi connectivity index (χ0n) is 21.5. The lowest BCUT2D eigenvalue weighted by molar-refractivity contribution is -0.144. The molecular weight excluding hydrogens is 542 g/mol. The van der Waals surface area contributed by atoms with Gasteiger partial charge in [0.1, 0.15) is 41.8 Å². The molecule has 0 saturated carbocycles. The van der Waals surface area contributed by atoms with Gasteiger partial charge < -0.3 is 24.8 Å². The average Bonchev–Trinajstić information content (AvgIpc) is 3.47. The highest BCUT2D eigenvalue weighted by Gasteiger charge is 2.41. The summed E-state index contributed by atoms with van der Waals surface area (Å²) in [6, 6.07) is 11.2. The van der Waals surface area contributed by atoms with E-state index >= 15 is 0 Å². The number of hydrogen-bond acceptors (Lipinski definition) is 7. The van der Waals surface area contributed by atoms with Crippen LogP contribution in [-0.2, 0) is 38.5 Å². The number of nitrogens with one attached hydrogen (secondary N) is 2. The number of fused-ring (bicyclic) bond motifs is 1. The van der Waals surface area contributed by atoms with Crippen LogP contribution in [0.15, 0.2) is 61.1 Å². The van der Waals surface area contributed by atoms with Crippen molar-refractivity contribution in [3.63, 3.8) is 0 Å². The molecule has 1 atom stereocenters. The molecule has 2 heterocycles. The van der Waals surface area contributed by atoms with E-state index in [1.807, 2.05) is 18.2 Å². The molecule has 8 nitrogen and oxygen atoms in total. The largest absolute Gasteiger partial charge is 0.456 e. The Morgan fingerprint density at radius 3 is 2.42 bits per heavy atom. The Morgan fingerprint density at radius 1 is 1.02 bits per heavy atom. The molecule has 1 aliphatic carbocycles. The molecule has 1 aromatic heterocycles. The standard InChI is InChI=1S/C29H26F2N2O6S/c1-17(32-28(36)37-16-18-7-3-2-4-8-18)26(35)33-27-23(25(34)24-20(30)10-5-11-21(24)31)19-9-6-12-29(15-22(19)40-27)38-13-14-39-29/h2-5,7-8,10-11,13-14,17H,6,9,12,15-16H2,1H3,(H,32,36)(H,33,35)/t17-/m0/s1. The first-order chi connectivity index (χ1) is 19.3. The average molecular weight is 569 g/mol. The number of ketones is 1. The normalized spacial score (nSPS) is 15.8. The second kappa shape index (κ2) is 11.5. The Bertz CT molecular complexity index is 1440. The maximum Gasteiger partial charge on any atom is 0.408 e. The maximum atomic E-state index is 14.7. The van der Waals surface area contributed by atoms with Gasteiger partial charge >= 0.3 is 6.09 Å². The number of carbonyl (C=O) groups excluding carboxylic acids is 3. The van der Waals surface area contributed by atoms with Gasteiger partial charge in [0.25, 0.3) is 5.79 Å². The quantitative estimate of drug-likeness (QED) is 0.360. The van der Waals surface area contributed by atoms with Crippen LogP contribution >= 0.6 is 11.3 Å². The van der Waals surface area contributed by atoms with Crippen LogP contribution in [0, 0.1) is 11.6 Å². The molecule has 0 bridgehead atoms. The van der Waals surface area contributed by atoms with Crippen LogP contribution in [0.1, 0.15) is 51.7 Å². The highest BCUT2D eigenvalue weighted by Crippen LogP contribution is 2.43. The number of amides is 2. The zero-order valence-corrected chi connectivity index (χ0v) is 22.3. The number of anilines is 1. The molecule has 5 rings (SSSR count). The number of halogens is 2. The first kappa shape index (κ1) is 27.3. The first-order valence-corrected chi connectivity index (χ1v) is 13.5. The molecule has 2 N–H and O–H groups in total. The molecule has 2 aliphatic rings. The fraction of sp³-hybridized carbons (Fsp3) is 0.276. The molecule has 208 valence electrons. The molecule has 0 unspecified atom stereocenters. The summed E-state index contributed by atoms with van der Waals surface area (Å²) in [7, 11) is 0. The molecule has 1 aliphatic heterocycles. The van der Waals surface area contributed by atoms with E-state index in [1.165, 1.54) is 25.5 Å². The van der Waals surface area contributed by atoms with Crippen molar-refractivity contribution in [2.24, 2.45) is 0 Å². The second-order valence-corrected chi connectivity index (χ2v) is 10.6. The molecule has 0 saturated heterocycles. The Morgan fingerprint density at radius 2 is 1.73 bits per heavy atom. The van der Waals surface area contributed by atoms with Gasteiger partial charge in [0.15, 0.2) is 0 Å². The van der Waals surface area contributed by atoms with Crippen LogP contribution in [0.2, 0.25) is 0 Å². The highest BCUT2D eigenvalue weighted by atomic mass is 32.1. The SMILES string of the molecule is C[C@H](NC(=O)OCc1ccccc1)C(=O)Nc1sc2c(c1C(=O)c1c(F)cccc1F)CCCC1(C2)OC=CO1. The van der Waals surface area contributed by atoms with Gasteiger partial charge in [-0.3, -0.25) is 9.59 Å². The number of ether oxygens (including phenoxy) is 3. The third-order valence-electron chi connectivity index (χ3n) is 6.72. The van der Waals surface area contributed by atoms with Crippen LogP contribution < -0.4 is 10.6 Å². The summed E-state index contributed by atoms with van der Waals surface area (Å²) in [5, 5.41) is 5.26. The summed E-state index contributed by atoms with van der Waals surface area (Å²) < 4.78 is 45.9. The van der Waals surface area contributed by atoms with E-state index in [2.05, 4.69) is 10.6 Å². The van der Waals surface area contributed by atoms with Crippen molar-refractivity contribution in [2.75, 3.05) is 5.32 Å². The van der Waals surface area contributed by atoms with Crippen molar-refractivity contribution in [1.29, 1.82) is 0 Å². The summed E-state index contributed by atoms with van der Waals surface area (Å²) >= 11 is 1.11. The number of hydrogen-bond donors (Lipinski definition) is 2. The summed E-state index contributed by atoms with van der Waals surface area (Å²) in [6.07, 6.45) is 3.89. The van der Waals surface area contributed by atoms with E-state index in [-0.39, 0.29) is 23.6 Å². The first-order valence-electron chi connectivity index (χ1n) is 12.7. The van der Waals surface area contributed by atoms with Gasteiger partial charge in [-0.2, -0.15) is 0 Å². The third-order valence-corrected chi connectivity index (χ3v) is 7.87. The molecular formula is C29H26F2N2O6S. The highest BCUT2D eigenvalue weighted by molar-refractivity contribution is 7.17. The van der Waals surface area contributed by atoms with Gasteiger partial charge in [-0.15, -0.1) is 11.3 Å². The number of alkyl carbamates (subject to hydrolysis) is 1. The molecule has 40 heavy (non-hydrogen) atoms. The number of benzene rings is 2. The van der Waals surface area contributed by atoms with Crippen molar-refractivity contribution in [3.8, 4) is 0 Å². The Balaban J connectivity index is 1.39. The Labute approximate surface area is 232 Å². The van der Waals surface area contributed by atoms with Gasteiger partial charge in [-0.25, -0.2) is 13.6 Å². The molecule has 2 amide bonds. The fourth-order valence-corrected chi connectivity index (χ4v) is 6.05. The zero-order chi connectivity index (χ0) is 28.3. The van der Waals surface area contributed by atoms with E-state index in [1.54, 1.807) is 12.1 Å². The minimum atomic E-state index is -1.05. The van der Waals surface area contributed by atoms with E-state index in [0.717, 1.165) is 29.0 Å². The minimum absolute atomic E-state index is 0.0132. The smallest absolute Gasteiger partial charge is 0.408 e. The van der Waals surface area contributed by atoms with Crippen molar-refractivity contribution in [3.05, 3.63) is 99.8 Å². The number of thiophene rings is 1. The van der Waals surface area contributed by atoms with Crippen LogP contribution in [0.5, 0.6) is 0 Å². The van der Waals surface area contributed by atoms with E-state index < -0.39 is 46.8 Å². The topological polar surface area (TPSA) is 103 Å². The van der Waals surface area contributed by atoms with Crippen molar-refractivity contribution >= 4 is 34.1 Å². The lowest BCUT2D eigenvalue weighted by atomic mass is 9.97. The summed E-state index contributed by atoms with van der Waals surface area (Å²) in [5.74, 6) is -4.47. The predicted octanol–water partition coefficient (Wildman–Crippen LogP) is 5.60. The lowest BCUT2D eigenvalue weighted by Gasteiger charge is -2.25. The summed E-state index contributed by atoms with van der Waals surface area (Å²) in [6.45, 7) is 1.48. The van der Waals surface area contributed by atoms with Crippen molar-refractivity contribution in [1.82, 2.24) is 5.32 Å². The molecule has 0 fully saturated rings. The van der Waals surface area contributed by atoms with Crippen LogP contribution in [0.4, 0.5) is 18.6 Å². The van der Waals surface area contributed by atoms with Crippen molar-refractivity contribution in [2.45, 2.75) is 51.0 Å². The van der Waals surface area contributed by atoms with Gasteiger partial charge in [-0.05, 0) is 43.0 Å². The molecule has 2 aromatic carbocycles. The van der Waals surface area contributed by atoms with Gasteiger partial charge in [0, 0.05) is 11.3 Å². The third kappa shape index (κ3) is 5.69. The monoisotopic (exact) mass is 568 g/mol. The molecule has 3 aromatic rings. The fourth-order valence-electron chi connectivity index (χ4n) is 4.71. The van der Waals surface area contributed by atoms with E-state index in [0.29, 0.717) is 29.7 Å². The second-order valence-electron chi connectivity index (χ2n) is 9.50. The van der Waals surface area contributed by atoms with Gasteiger partial charge in [0.2, 0.25) is 11.7 Å². The number of carbonyl (C=O) groups is 3. The Hall–Kier alpha value is -4.25. The summed E-state index contributed by atoms with van der Waals surface area (Å²) in [4.78, 5) is 39.7. The van der Waals surface area contributed by atoms with Crippen LogP contribution in [0.3, 0.4) is 0 Å². The summed E-state index contributed by atoms with van der Waals surface area (Å²) in [5.41, 5.74) is 0.663. The van der Waals surface area contributed by atoms with Gasteiger partial charge in [-0.1, -0.05) is 36.4 Å². The minimum Gasteiger partial charge on any atom is -0.456 e. The Kier molecular flexibility index (Phi) is 7.83. The lowest BCUT2D eigenvalue weighted by Crippen LogP contribution is -2.41. The van der Waals surface area contributed by atoms with E-state index in [9.17, 15) is 23.2 Å². The predicted molar refractivity (Wildman–Crippen MR) is 143 cm³/mol.